The zero-order chi connectivity index (χ0) is 16.1. The molecule has 1 aromatic carbocycles. The molecule has 1 fully saturated rings. The summed E-state index contributed by atoms with van der Waals surface area (Å²) in [5.74, 6) is -1.02. The van der Waals surface area contributed by atoms with Crippen LogP contribution in [0.15, 0.2) is 24.3 Å². The number of hydrogen-bond acceptors (Lipinski definition) is 3. The van der Waals surface area contributed by atoms with Gasteiger partial charge in [0.2, 0.25) is 0 Å². The smallest absolute Gasteiger partial charge is 0.305 e. The molecule has 1 amide bonds. The quantitative estimate of drug-likeness (QED) is 0.847. The number of carbonyl (C=O) groups excluding carboxylic acids is 1. The number of amides is 1. The first-order valence-electron chi connectivity index (χ1n) is 7.85. The number of aliphatic carboxylic acids is 1. The normalized spacial score (nSPS) is 15.9. The van der Waals surface area contributed by atoms with E-state index < -0.39 is 5.97 Å². The first kappa shape index (κ1) is 16.3. The van der Waals surface area contributed by atoms with Gasteiger partial charge in [-0.1, -0.05) is 26.0 Å². The van der Waals surface area contributed by atoms with Gasteiger partial charge in [-0.15, -0.1) is 0 Å². The Kier molecular flexibility index (Phi) is 5.41. The van der Waals surface area contributed by atoms with Gasteiger partial charge >= 0.3 is 5.97 Å². The number of carboxylic acid groups (broad SMARTS) is 1. The van der Waals surface area contributed by atoms with Gasteiger partial charge in [0.25, 0.3) is 5.91 Å². The molecule has 1 aliphatic rings. The average molecular weight is 304 g/mol. The van der Waals surface area contributed by atoms with Gasteiger partial charge in [-0.05, 0) is 30.9 Å². The van der Waals surface area contributed by atoms with E-state index in [0.29, 0.717) is 5.56 Å². The number of anilines is 1. The van der Waals surface area contributed by atoms with E-state index in [4.69, 9.17) is 5.11 Å². The van der Waals surface area contributed by atoms with Crippen LogP contribution in [0.5, 0.6) is 0 Å². The van der Waals surface area contributed by atoms with Crippen molar-refractivity contribution >= 4 is 17.6 Å². The van der Waals surface area contributed by atoms with Crippen molar-refractivity contribution in [2.45, 2.75) is 39.2 Å². The lowest BCUT2D eigenvalue weighted by molar-refractivity contribution is -0.137. The summed E-state index contributed by atoms with van der Waals surface area (Å²) < 4.78 is 0. The van der Waals surface area contributed by atoms with Gasteiger partial charge in [0.05, 0.1) is 12.0 Å². The largest absolute Gasteiger partial charge is 0.481 e. The van der Waals surface area contributed by atoms with Crippen molar-refractivity contribution < 1.29 is 14.7 Å². The molecule has 2 N–H and O–H groups in total. The highest BCUT2D eigenvalue weighted by atomic mass is 16.4. The molecule has 120 valence electrons. The number of rotatable bonds is 6. The summed E-state index contributed by atoms with van der Waals surface area (Å²) in [6.07, 6.45) is 2.22. The van der Waals surface area contributed by atoms with Crippen molar-refractivity contribution in [3.63, 3.8) is 0 Å². The molecule has 2 rings (SSSR count). The minimum Gasteiger partial charge on any atom is -0.481 e. The van der Waals surface area contributed by atoms with Crippen LogP contribution < -0.4 is 10.2 Å². The minimum absolute atomic E-state index is 0.0602. The topological polar surface area (TPSA) is 69.6 Å². The SMILES string of the molecule is CC(C)[C@@H](CC(=O)O)NC(=O)c1ccccc1N1CCCC1. The number of nitrogens with zero attached hydrogens (tertiary/aromatic N) is 1. The Hall–Kier alpha value is -2.04. The first-order chi connectivity index (χ1) is 10.5. The van der Waals surface area contributed by atoms with E-state index in [9.17, 15) is 9.59 Å². The molecule has 22 heavy (non-hydrogen) atoms. The first-order valence-corrected chi connectivity index (χ1v) is 7.85. The molecule has 1 aliphatic heterocycles. The maximum atomic E-state index is 12.6. The molecule has 0 bridgehead atoms. The van der Waals surface area contributed by atoms with Gasteiger partial charge in [0.1, 0.15) is 0 Å². The molecular formula is C17H24N2O3. The molecule has 0 radical (unpaired) electrons. The minimum atomic E-state index is -0.896. The van der Waals surface area contributed by atoms with E-state index in [0.717, 1.165) is 31.6 Å². The molecule has 1 aromatic rings. The van der Waals surface area contributed by atoms with Crippen LogP contribution in [0.3, 0.4) is 0 Å². The average Bonchev–Trinajstić information content (AvgIpc) is 3.00. The van der Waals surface area contributed by atoms with E-state index in [1.165, 1.54) is 0 Å². The van der Waals surface area contributed by atoms with Crippen LogP contribution in [-0.4, -0.2) is 36.1 Å². The van der Waals surface area contributed by atoms with Crippen LogP contribution >= 0.6 is 0 Å². The van der Waals surface area contributed by atoms with E-state index in [-0.39, 0.29) is 24.3 Å². The van der Waals surface area contributed by atoms with Crippen LogP contribution in [0.2, 0.25) is 0 Å². The fraction of sp³-hybridized carbons (Fsp3) is 0.529. The summed E-state index contributed by atoms with van der Waals surface area (Å²) in [5.41, 5.74) is 1.57. The second-order valence-electron chi connectivity index (χ2n) is 6.13. The van der Waals surface area contributed by atoms with Crippen molar-refractivity contribution in [2.75, 3.05) is 18.0 Å². The Morgan fingerprint density at radius 2 is 1.86 bits per heavy atom. The van der Waals surface area contributed by atoms with E-state index in [1.807, 2.05) is 32.0 Å². The maximum Gasteiger partial charge on any atom is 0.305 e. The van der Waals surface area contributed by atoms with Crippen molar-refractivity contribution in [3.8, 4) is 0 Å². The number of nitrogens with one attached hydrogen (secondary N) is 1. The summed E-state index contributed by atoms with van der Waals surface area (Å²) in [6.45, 7) is 5.76. The molecule has 0 saturated carbocycles. The van der Waals surface area contributed by atoms with Gasteiger partial charge in [-0.25, -0.2) is 0 Å². The third-order valence-corrected chi connectivity index (χ3v) is 4.11. The molecule has 0 unspecified atom stereocenters. The Morgan fingerprint density at radius 1 is 1.23 bits per heavy atom. The Bertz CT molecular complexity index is 536. The number of hydrogen-bond donors (Lipinski definition) is 2. The number of carbonyl (C=O) groups is 2. The van der Waals surface area contributed by atoms with Crippen LogP contribution in [0, 0.1) is 5.92 Å². The predicted octanol–water partition coefficient (Wildman–Crippen LogP) is 2.52. The summed E-state index contributed by atoms with van der Waals surface area (Å²) in [6, 6.07) is 7.18. The summed E-state index contributed by atoms with van der Waals surface area (Å²) in [4.78, 5) is 25.8. The van der Waals surface area contributed by atoms with Gasteiger partial charge in [-0.3, -0.25) is 9.59 Å². The van der Waals surface area contributed by atoms with Crippen molar-refractivity contribution in [3.05, 3.63) is 29.8 Å². The van der Waals surface area contributed by atoms with E-state index >= 15 is 0 Å². The van der Waals surface area contributed by atoms with Crippen molar-refractivity contribution in [2.24, 2.45) is 5.92 Å². The van der Waals surface area contributed by atoms with Gasteiger partial charge in [0, 0.05) is 24.8 Å². The lowest BCUT2D eigenvalue weighted by atomic mass is 10.00. The molecule has 0 spiro atoms. The molecule has 1 saturated heterocycles. The molecule has 0 aliphatic carbocycles. The van der Waals surface area contributed by atoms with E-state index in [2.05, 4.69) is 10.2 Å². The van der Waals surface area contributed by atoms with Gasteiger partial charge < -0.3 is 15.3 Å². The van der Waals surface area contributed by atoms with Crippen molar-refractivity contribution in [1.82, 2.24) is 5.32 Å². The Labute approximate surface area is 131 Å². The summed E-state index contributed by atoms with van der Waals surface area (Å²) in [7, 11) is 0. The second-order valence-corrected chi connectivity index (χ2v) is 6.13. The lowest BCUT2D eigenvalue weighted by Gasteiger charge is -2.24. The third kappa shape index (κ3) is 4.00. The van der Waals surface area contributed by atoms with Crippen LogP contribution in [0.4, 0.5) is 5.69 Å². The molecule has 1 atom stereocenters. The highest BCUT2D eigenvalue weighted by Crippen LogP contribution is 2.24. The molecule has 5 nitrogen and oxygen atoms in total. The monoisotopic (exact) mass is 304 g/mol. The summed E-state index contributed by atoms with van der Waals surface area (Å²) >= 11 is 0. The predicted molar refractivity (Wildman–Crippen MR) is 86.2 cm³/mol. The highest BCUT2D eigenvalue weighted by molar-refractivity contribution is 6.00. The zero-order valence-electron chi connectivity index (χ0n) is 13.2. The zero-order valence-corrected chi connectivity index (χ0v) is 13.2. The standard InChI is InChI=1S/C17H24N2O3/c1-12(2)14(11-16(20)21)18-17(22)13-7-3-4-8-15(13)19-9-5-6-10-19/h3-4,7-8,12,14H,5-6,9-11H2,1-2H3,(H,18,22)(H,20,21)/t14-/m1/s1. The van der Waals surface area contributed by atoms with Crippen molar-refractivity contribution in [1.29, 1.82) is 0 Å². The highest BCUT2D eigenvalue weighted by Gasteiger charge is 2.23. The third-order valence-electron chi connectivity index (χ3n) is 4.11. The summed E-state index contributed by atoms with van der Waals surface area (Å²) in [5, 5.41) is 11.9. The van der Waals surface area contributed by atoms with Gasteiger partial charge in [0.15, 0.2) is 0 Å². The molecule has 1 heterocycles. The van der Waals surface area contributed by atoms with E-state index in [1.54, 1.807) is 6.07 Å². The number of benzene rings is 1. The fourth-order valence-electron chi connectivity index (χ4n) is 2.79. The maximum absolute atomic E-state index is 12.6. The fourth-order valence-corrected chi connectivity index (χ4v) is 2.79. The Balaban J connectivity index is 2.16. The number of para-hydroxylation sites is 1. The number of carboxylic acids is 1. The van der Waals surface area contributed by atoms with Crippen LogP contribution in [0.1, 0.15) is 43.5 Å². The molecule has 0 aromatic heterocycles. The lowest BCUT2D eigenvalue weighted by Crippen LogP contribution is -2.40. The van der Waals surface area contributed by atoms with Crippen LogP contribution in [0.25, 0.3) is 0 Å². The second kappa shape index (κ2) is 7.29. The van der Waals surface area contributed by atoms with Gasteiger partial charge in [-0.2, -0.15) is 0 Å². The Morgan fingerprint density at radius 3 is 2.45 bits per heavy atom. The van der Waals surface area contributed by atoms with Crippen LogP contribution in [-0.2, 0) is 4.79 Å². The molecule has 5 heteroatoms. The molecular weight excluding hydrogens is 280 g/mol.